The summed E-state index contributed by atoms with van der Waals surface area (Å²) in [5.41, 5.74) is 0.398. The summed E-state index contributed by atoms with van der Waals surface area (Å²) in [6.07, 6.45) is 0.431. The number of carboxylic acid groups (broad SMARTS) is 1. The molecule has 16 heavy (non-hydrogen) atoms. The monoisotopic (exact) mass is 222 g/mol. The molecule has 0 amide bonds. The third-order valence-corrected chi connectivity index (χ3v) is 2.50. The number of aromatic nitrogens is 2. The van der Waals surface area contributed by atoms with Gasteiger partial charge < -0.3 is 19.2 Å². The van der Waals surface area contributed by atoms with Gasteiger partial charge in [0.1, 0.15) is 0 Å². The second-order valence-electron chi connectivity index (χ2n) is 3.43. The van der Waals surface area contributed by atoms with Gasteiger partial charge >= 0.3 is 5.97 Å². The van der Waals surface area contributed by atoms with Gasteiger partial charge in [0, 0.05) is 6.42 Å². The molecule has 0 saturated heterocycles. The van der Waals surface area contributed by atoms with E-state index in [-0.39, 0.29) is 23.4 Å². The lowest BCUT2D eigenvalue weighted by Crippen LogP contribution is -2.12. The first-order valence-electron chi connectivity index (χ1n) is 4.52. The van der Waals surface area contributed by atoms with Gasteiger partial charge in [0.05, 0.1) is 17.4 Å². The van der Waals surface area contributed by atoms with E-state index in [2.05, 4.69) is 10.1 Å². The molecule has 0 radical (unpaired) electrons. The normalized spacial score (nSPS) is 17.9. The van der Waals surface area contributed by atoms with Gasteiger partial charge in [-0.25, -0.2) is 9.78 Å². The van der Waals surface area contributed by atoms with E-state index in [0.717, 1.165) is 0 Å². The van der Waals surface area contributed by atoms with Gasteiger partial charge in [-0.3, -0.25) is 0 Å². The molecule has 2 heterocycles. The second-order valence-corrected chi connectivity index (χ2v) is 3.43. The van der Waals surface area contributed by atoms with E-state index in [1.807, 2.05) is 0 Å². The highest BCUT2D eigenvalue weighted by atomic mass is 16.5. The number of aliphatic hydroxyl groups is 1. The fourth-order valence-corrected chi connectivity index (χ4v) is 1.81. The van der Waals surface area contributed by atoms with Crippen molar-refractivity contribution in [1.29, 1.82) is 0 Å². The molecular formula is C9H6N2O5. The van der Waals surface area contributed by atoms with E-state index in [1.54, 1.807) is 0 Å². The first-order valence-corrected chi connectivity index (χ1v) is 4.52. The fraction of sp³-hybridized carbons (Fsp3) is 0.222. The molecule has 2 aromatic rings. The summed E-state index contributed by atoms with van der Waals surface area (Å²) in [7, 11) is 0. The molecule has 1 unspecified atom stereocenters. The van der Waals surface area contributed by atoms with Crippen LogP contribution in [0.25, 0.3) is 11.5 Å². The molecule has 2 aromatic heterocycles. The first kappa shape index (κ1) is 9.10. The molecule has 0 bridgehead atoms. The van der Waals surface area contributed by atoms with Gasteiger partial charge in [-0.05, 0) is 0 Å². The van der Waals surface area contributed by atoms with Crippen molar-refractivity contribution in [3.05, 3.63) is 23.3 Å². The number of carboxylic acids is 1. The Morgan fingerprint density at radius 2 is 2.31 bits per heavy atom. The maximum absolute atomic E-state index is 10.8. The number of hydrogen-bond acceptors (Lipinski definition) is 6. The van der Waals surface area contributed by atoms with Crippen LogP contribution in [0, 0.1) is 0 Å². The number of carbonyl (C=O) groups is 1. The van der Waals surface area contributed by atoms with Crippen LogP contribution in [0.4, 0.5) is 0 Å². The molecule has 0 spiro atoms. The lowest BCUT2D eigenvalue weighted by molar-refractivity contribution is 0.0678. The summed E-state index contributed by atoms with van der Waals surface area (Å²) in [5.74, 6) is -0.768. The van der Waals surface area contributed by atoms with Crippen LogP contribution in [-0.4, -0.2) is 26.3 Å². The largest absolute Gasteiger partial charge is 0.476 e. The van der Waals surface area contributed by atoms with Crippen LogP contribution in [0.2, 0.25) is 0 Å². The zero-order chi connectivity index (χ0) is 11.3. The Labute approximate surface area is 88.3 Å². The smallest absolute Gasteiger partial charge is 0.358 e. The summed E-state index contributed by atoms with van der Waals surface area (Å²) in [6, 6.07) is 0. The van der Waals surface area contributed by atoms with Crippen LogP contribution in [0.5, 0.6) is 0 Å². The highest BCUT2D eigenvalue weighted by Crippen LogP contribution is 2.39. The van der Waals surface area contributed by atoms with Crippen molar-refractivity contribution in [2.24, 2.45) is 0 Å². The van der Waals surface area contributed by atoms with E-state index >= 15 is 0 Å². The summed E-state index contributed by atoms with van der Waals surface area (Å²) in [4.78, 5) is 14.7. The Hall–Kier alpha value is -2.15. The van der Waals surface area contributed by atoms with Gasteiger partial charge in [0.25, 0.3) is 0 Å². The van der Waals surface area contributed by atoms with Crippen molar-refractivity contribution in [2.45, 2.75) is 12.5 Å². The predicted octanol–water partition coefficient (Wildman–Crippen LogP) is 0.617. The Bertz CT molecular complexity index is 570. The highest BCUT2D eigenvalue weighted by Gasteiger charge is 2.36. The highest BCUT2D eigenvalue weighted by molar-refractivity contribution is 5.89. The van der Waals surface area contributed by atoms with Gasteiger partial charge in [0.15, 0.2) is 17.8 Å². The van der Waals surface area contributed by atoms with Gasteiger partial charge in [-0.15, -0.1) is 0 Å². The topological polar surface area (TPSA) is 110 Å². The lowest BCUT2D eigenvalue weighted by atomic mass is 9.95. The maximum Gasteiger partial charge on any atom is 0.358 e. The molecule has 7 nitrogen and oxygen atoms in total. The van der Waals surface area contributed by atoms with E-state index in [0.29, 0.717) is 11.5 Å². The second kappa shape index (κ2) is 2.92. The zero-order valence-corrected chi connectivity index (χ0v) is 7.88. The first-order chi connectivity index (χ1) is 7.68. The molecule has 1 atom stereocenters. The number of rotatable bonds is 1. The molecular weight excluding hydrogens is 216 g/mol. The van der Waals surface area contributed by atoms with Crippen molar-refractivity contribution >= 4 is 5.97 Å². The van der Waals surface area contributed by atoms with E-state index in [1.165, 1.54) is 6.39 Å². The number of fused-ring (bicyclic) bond motifs is 3. The van der Waals surface area contributed by atoms with E-state index < -0.39 is 12.1 Å². The molecule has 1 aliphatic carbocycles. The van der Waals surface area contributed by atoms with Gasteiger partial charge in [-0.2, -0.15) is 0 Å². The Balaban J connectivity index is 2.27. The van der Waals surface area contributed by atoms with Crippen molar-refractivity contribution < 1.29 is 23.9 Å². The third kappa shape index (κ3) is 1.03. The average Bonchev–Trinajstić information content (AvgIpc) is 2.80. The third-order valence-electron chi connectivity index (χ3n) is 2.50. The van der Waals surface area contributed by atoms with Crippen LogP contribution < -0.4 is 0 Å². The van der Waals surface area contributed by atoms with Crippen LogP contribution in [0.1, 0.15) is 27.8 Å². The quantitative estimate of drug-likeness (QED) is 0.727. The molecule has 82 valence electrons. The van der Waals surface area contributed by atoms with Gasteiger partial charge in [0.2, 0.25) is 5.76 Å². The minimum Gasteiger partial charge on any atom is -0.476 e. The molecule has 0 aliphatic heterocycles. The Morgan fingerprint density at radius 3 is 3.06 bits per heavy atom. The number of aromatic carboxylic acids is 1. The Kier molecular flexibility index (Phi) is 1.66. The summed E-state index contributed by atoms with van der Waals surface area (Å²) < 4.78 is 9.95. The van der Waals surface area contributed by atoms with Crippen LogP contribution >= 0.6 is 0 Å². The van der Waals surface area contributed by atoms with Crippen LogP contribution in [0.3, 0.4) is 0 Å². The van der Waals surface area contributed by atoms with E-state index in [4.69, 9.17) is 14.0 Å². The maximum atomic E-state index is 10.8. The standard InChI is InChI=1S/C9H6N2O5/c12-4-1-3-7(15-2-10-3)8-5(4)6(9(13)14)11-16-8/h2,4,12H,1H2,(H,13,14). The summed E-state index contributed by atoms with van der Waals surface area (Å²) >= 11 is 0. The zero-order valence-electron chi connectivity index (χ0n) is 7.88. The molecule has 2 N–H and O–H groups in total. The van der Waals surface area contributed by atoms with Crippen LogP contribution in [-0.2, 0) is 6.42 Å². The lowest BCUT2D eigenvalue weighted by Gasteiger charge is -2.13. The minimum atomic E-state index is -1.24. The molecule has 0 aromatic carbocycles. The van der Waals surface area contributed by atoms with Crippen molar-refractivity contribution in [3.8, 4) is 11.5 Å². The minimum absolute atomic E-state index is 0.142. The molecule has 7 heteroatoms. The van der Waals surface area contributed by atoms with Crippen molar-refractivity contribution in [1.82, 2.24) is 10.1 Å². The molecule has 0 fully saturated rings. The summed E-state index contributed by atoms with van der Waals surface area (Å²) in [6.45, 7) is 0. The fourth-order valence-electron chi connectivity index (χ4n) is 1.81. The molecule has 1 aliphatic rings. The SMILES string of the molecule is O=C(O)c1noc2c1C(O)Cc1ncoc1-2. The average molecular weight is 222 g/mol. The number of aliphatic hydroxyl groups excluding tert-OH is 1. The van der Waals surface area contributed by atoms with Crippen molar-refractivity contribution in [2.75, 3.05) is 0 Å². The number of nitrogens with zero attached hydrogens (tertiary/aromatic N) is 2. The van der Waals surface area contributed by atoms with Crippen molar-refractivity contribution in [3.63, 3.8) is 0 Å². The van der Waals surface area contributed by atoms with Gasteiger partial charge in [-0.1, -0.05) is 5.16 Å². The molecule has 0 saturated carbocycles. The van der Waals surface area contributed by atoms with Crippen LogP contribution in [0.15, 0.2) is 15.3 Å². The summed E-state index contributed by atoms with van der Waals surface area (Å²) in [5, 5.41) is 22.1. The molecule has 3 rings (SSSR count). The number of hydrogen-bond donors (Lipinski definition) is 2. The van der Waals surface area contributed by atoms with E-state index in [9.17, 15) is 9.90 Å². The predicted molar refractivity (Wildman–Crippen MR) is 47.6 cm³/mol. The Morgan fingerprint density at radius 1 is 1.50 bits per heavy atom. The number of oxazole rings is 1.